The van der Waals surface area contributed by atoms with E-state index in [1.165, 1.54) is 29.2 Å². The first-order chi connectivity index (χ1) is 29.4. The third-order valence-corrected chi connectivity index (χ3v) is 14.2. The lowest BCUT2D eigenvalue weighted by Gasteiger charge is -2.43. The maximum absolute atomic E-state index is 13.9. The standard InChI is InChI=1S/C44H73N3O7.C7H14O/c1-12-38-44(8,50)42(48)33(7)47(22-16-21-45-26-35-19-15-18-34-17-13-14-20-37(34)35)27-28(2)23-29(3)40(31(5)41(51-11)32(6)43(49)53-38)54-39-25-36(46(9)10)24-30(4)52-39;1-6-3-4-8-7(2)5-6/h13-15,17-20,28-33,36,38-42,45,48,50H,12,16,21-27H2,1-11H3;6-7H,3-5H2,1-2H3/t28-,29+,30?,31-,32?,33?,36?,38-,39?,40+,41+,42?,44-;/m1./s1. The summed E-state index contributed by atoms with van der Waals surface area (Å²) in [4.78, 5) is 18.4. The number of nitrogens with zero attached hydrogens (tertiary/aromatic N) is 2. The van der Waals surface area contributed by atoms with Crippen LogP contribution in [0, 0.1) is 29.6 Å². The van der Waals surface area contributed by atoms with Crippen molar-refractivity contribution in [2.45, 2.75) is 181 Å². The van der Waals surface area contributed by atoms with Gasteiger partial charge in [0.2, 0.25) is 0 Å². The number of nitrogens with one attached hydrogen (secondary N) is 1. The van der Waals surface area contributed by atoms with E-state index in [0.29, 0.717) is 18.6 Å². The number of hydrogen-bond acceptors (Lipinski definition) is 11. The van der Waals surface area contributed by atoms with E-state index in [1.807, 2.05) is 20.8 Å². The van der Waals surface area contributed by atoms with Gasteiger partial charge in [0.05, 0.1) is 30.3 Å². The van der Waals surface area contributed by atoms with Crippen molar-refractivity contribution in [3.05, 3.63) is 48.0 Å². The van der Waals surface area contributed by atoms with Crippen LogP contribution in [0.4, 0.5) is 0 Å². The number of fused-ring (bicyclic) bond motifs is 1. The molecule has 15 atom stereocenters. The van der Waals surface area contributed by atoms with Gasteiger partial charge < -0.3 is 44.1 Å². The second kappa shape index (κ2) is 24.9. The van der Waals surface area contributed by atoms with Crippen LogP contribution < -0.4 is 5.32 Å². The van der Waals surface area contributed by atoms with Crippen LogP contribution in [-0.2, 0) is 35.0 Å². The average molecular weight is 870 g/mol. The van der Waals surface area contributed by atoms with E-state index in [4.69, 9.17) is 23.7 Å². The lowest BCUT2D eigenvalue weighted by Crippen LogP contribution is -2.59. The summed E-state index contributed by atoms with van der Waals surface area (Å²) in [5.41, 5.74) is -0.408. The van der Waals surface area contributed by atoms with Gasteiger partial charge >= 0.3 is 5.97 Å². The second-order valence-electron chi connectivity index (χ2n) is 20.0. The molecule has 3 aliphatic rings. The van der Waals surface area contributed by atoms with Crippen LogP contribution in [0.2, 0.25) is 0 Å². The highest BCUT2D eigenvalue weighted by molar-refractivity contribution is 5.85. The summed E-state index contributed by atoms with van der Waals surface area (Å²) in [6.07, 6.45) is 3.67. The van der Waals surface area contributed by atoms with E-state index in [1.54, 1.807) is 14.0 Å². The van der Waals surface area contributed by atoms with Gasteiger partial charge in [-0.15, -0.1) is 0 Å². The number of cyclic esters (lactones) is 1. The molecule has 0 bridgehead atoms. The van der Waals surface area contributed by atoms with Crippen LogP contribution >= 0.6 is 0 Å². The number of carbonyl (C=O) groups excluding carboxylic acids is 1. The number of esters is 1. The first-order valence-corrected chi connectivity index (χ1v) is 24.0. The third kappa shape index (κ3) is 14.7. The van der Waals surface area contributed by atoms with Crippen molar-refractivity contribution in [1.82, 2.24) is 15.1 Å². The molecule has 0 amide bonds. The predicted molar refractivity (Wildman–Crippen MR) is 250 cm³/mol. The minimum atomic E-state index is -1.68. The molecule has 0 aliphatic carbocycles. The molecule has 11 nitrogen and oxygen atoms in total. The van der Waals surface area contributed by atoms with Crippen LogP contribution in [0.1, 0.15) is 120 Å². The van der Waals surface area contributed by atoms with Crippen LogP contribution in [-0.4, -0.2) is 134 Å². The molecule has 5 rings (SSSR count). The fraction of sp³-hybridized carbons (Fsp3) is 0.784. The molecule has 0 spiro atoms. The number of aliphatic hydroxyl groups is 2. The Morgan fingerprint density at radius 2 is 1.63 bits per heavy atom. The van der Waals surface area contributed by atoms with Gasteiger partial charge in [-0.1, -0.05) is 77.1 Å². The second-order valence-corrected chi connectivity index (χ2v) is 20.0. The highest BCUT2D eigenvalue weighted by atomic mass is 16.7. The van der Waals surface area contributed by atoms with Crippen molar-refractivity contribution in [3.8, 4) is 0 Å². The third-order valence-electron chi connectivity index (χ3n) is 14.2. The number of rotatable bonds is 11. The quantitative estimate of drug-likeness (QED) is 0.150. The molecular formula is C51H87N3O8. The maximum Gasteiger partial charge on any atom is 0.311 e. The van der Waals surface area contributed by atoms with Crippen LogP contribution in [0.15, 0.2) is 42.5 Å². The zero-order valence-electron chi connectivity index (χ0n) is 40.8. The van der Waals surface area contributed by atoms with Crippen molar-refractivity contribution >= 4 is 16.7 Å². The van der Waals surface area contributed by atoms with Gasteiger partial charge in [0, 0.05) is 51.2 Å². The Labute approximate surface area is 375 Å². The fourth-order valence-corrected chi connectivity index (χ4v) is 10.5. The van der Waals surface area contributed by atoms with Gasteiger partial charge in [-0.05, 0) is 134 Å². The predicted octanol–water partition coefficient (Wildman–Crippen LogP) is 8.07. The van der Waals surface area contributed by atoms with Gasteiger partial charge in [-0.25, -0.2) is 0 Å². The van der Waals surface area contributed by atoms with E-state index < -0.39 is 41.8 Å². The van der Waals surface area contributed by atoms with Crippen LogP contribution in [0.5, 0.6) is 0 Å². The molecule has 0 saturated carbocycles. The lowest BCUT2D eigenvalue weighted by molar-refractivity contribution is -0.245. The van der Waals surface area contributed by atoms with E-state index in [2.05, 4.69) is 113 Å². The van der Waals surface area contributed by atoms with Crippen molar-refractivity contribution in [3.63, 3.8) is 0 Å². The Morgan fingerprint density at radius 3 is 2.27 bits per heavy atom. The molecule has 0 radical (unpaired) electrons. The number of benzene rings is 2. The smallest absolute Gasteiger partial charge is 0.311 e. The summed E-state index contributed by atoms with van der Waals surface area (Å²) in [7, 11) is 5.85. The highest BCUT2D eigenvalue weighted by Crippen LogP contribution is 2.36. The molecule has 3 N–H and O–H groups in total. The van der Waals surface area contributed by atoms with E-state index in [9.17, 15) is 15.0 Å². The molecule has 2 aromatic rings. The summed E-state index contributed by atoms with van der Waals surface area (Å²) in [6.45, 7) is 24.4. The van der Waals surface area contributed by atoms with Gasteiger partial charge in [0.15, 0.2) is 6.29 Å². The first kappa shape index (κ1) is 52.4. The summed E-state index contributed by atoms with van der Waals surface area (Å²) in [5, 5.41) is 29.9. The van der Waals surface area contributed by atoms with Crippen molar-refractivity contribution in [1.29, 1.82) is 0 Å². The van der Waals surface area contributed by atoms with Crippen molar-refractivity contribution in [2.24, 2.45) is 29.6 Å². The highest BCUT2D eigenvalue weighted by Gasteiger charge is 2.47. The monoisotopic (exact) mass is 870 g/mol. The SMILES string of the molecule is CC1CCOC(C)C1.CC[C@H]1OC(=O)C(C)[C@@H](OC)[C@H](C)[C@@H](OC2CC(N(C)C)CC(C)O2)[C@@H](C)C[C@@H](C)CN(CCCNCc2cccc3ccccc23)C(C)C(O)[C@]1(C)O. The van der Waals surface area contributed by atoms with Crippen molar-refractivity contribution < 1.29 is 38.7 Å². The number of aliphatic hydroxyl groups excluding tert-OH is 1. The van der Waals surface area contributed by atoms with Crippen molar-refractivity contribution in [2.75, 3.05) is 47.4 Å². The molecular weight excluding hydrogens is 783 g/mol. The fourth-order valence-electron chi connectivity index (χ4n) is 10.5. The minimum Gasteiger partial charge on any atom is -0.459 e. The Bertz CT molecular complexity index is 1600. The summed E-state index contributed by atoms with van der Waals surface area (Å²) >= 11 is 0. The minimum absolute atomic E-state index is 0.0665. The molecule has 11 heteroatoms. The molecule has 3 saturated heterocycles. The number of methoxy groups -OCH3 is 1. The average Bonchev–Trinajstić information content (AvgIpc) is 3.23. The zero-order valence-corrected chi connectivity index (χ0v) is 40.8. The van der Waals surface area contributed by atoms with E-state index >= 15 is 0 Å². The molecule has 354 valence electrons. The van der Waals surface area contributed by atoms with Gasteiger partial charge in [0.1, 0.15) is 17.8 Å². The molecule has 0 aromatic heterocycles. The maximum atomic E-state index is 13.9. The molecule has 3 aliphatic heterocycles. The van der Waals surface area contributed by atoms with Crippen LogP contribution in [0.3, 0.4) is 0 Å². The molecule has 2 aromatic carbocycles. The zero-order chi connectivity index (χ0) is 45.7. The Balaban J connectivity index is 0.000000946. The lowest BCUT2D eigenvalue weighted by atomic mass is 9.80. The van der Waals surface area contributed by atoms with E-state index in [0.717, 1.165) is 64.4 Å². The van der Waals surface area contributed by atoms with Gasteiger partial charge in [-0.3, -0.25) is 9.69 Å². The van der Waals surface area contributed by atoms with Gasteiger partial charge in [-0.2, -0.15) is 0 Å². The Kier molecular flexibility index (Phi) is 21.1. The molecule has 8 unspecified atom stereocenters. The normalized spacial score (nSPS) is 37.2. The molecule has 3 heterocycles. The number of hydrogen-bond donors (Lipinski definition) is 3. The van der Waals surface area contributed by atoms with E-state index in [-0.39, 0.29) is 36.3 Å². The molecule has 3 fully saturated rings. The first-order valence-electron chi connectivity index (χ1n) is 24.0. The topological polar surface area (TPSA) is 122 Å². The summed E-state index contributed by atoms with van der Waals surface area (Å²) in [5.74, 6) is -0.0268. The van der Waals surface area contributed by atoms with Crippen LogP contribution in [0.25, 0.3) is 10.8 Å². The van der Waals surface area contributed by atoms with Gasteiger partial charge in [0.25, 0.3) is 0 Å². The number of carbonyl (C=O) groups is 1. The number of ether oxygens (including phenoxy) is 5. The summed E-state index contributed by atoms with van der Waals surface area (Å²) < 4.78 is 30.9. The summed E-state index contributed by atoms with van der Waals surface area (Å²) in [6, 6.07) is 14.8. The Morgan fingerprint density at radius 1 is 0.919 bits per heavy atom. The molecule has 62 heavy (non-hydrogen) atoms. The largest absolute Gasteiger partial charge is 0.459 e. The Hall–Kier alpha value is -2.19.